The lowest BCUT2D eigenvalue weighted by molar-refractivity contribution is -0.141. The van der Waals surface area contributed by atoms with Crippen LogP contribution in [0.1, 0.15) is 76.8 Å². The van der Waals surface area contributed by atoms with Crippen molar-refractivity contribution in [2.45, 2.75) is 89.6 Å². The van der Waals surface area contributed by atoms with Crippen LogP contribution in [-0.4, -0.2) is 212 Å². The van der Waals surface area contributed by atoms with E-state index in [9.17, 15) is 58.0 Å². The molecule has 0 spiro atoms. The highest BCUT2D eigenvalue weighted by atomic mass is 35.5. The quantitative estimate of drug-likeness (QED) is 0.0397. The molecule has 5 fully saturated rings. The van der Waals surface area contributed by atoms with Gasteiger partial charge in [-0.15, -0.1) is 34.0 Å². The second-order valence-electron chi connectivity index (χ2n) is 32.3. The van der Waals surface area contributed by atoms with Crippen molar-refractivity contribution in [3.63, 3.8) is 0 Å². The van der Waals surface area contributed by atoms with E-state index in [4.69, 9.17) is 23.2 Å². The summed E-state index contributed by atoms with van der Waals surface area (Å²) < 4.78 is 110. The predicted octanol–water partition coefficient (Wildman–Crippen LogP) is 15.2. The van der Waals surface area contributed by atoms with Crippen LogP contribution in [0.25, 0.3) is 0 Å². The third-order valence-corrected chi connectivity index (χ3v) is 32.6. The van der Waals surface area contributed by atoms with Crippen LogP contribution in [0.4, 0.5) is 55.3 Å². The first-order valence-electron chi connectivity index (χ1n) is 42.9. The molecule has 10 heterocycles. The van der Waals surface area contributed by atoms with Gasteiger partial charge < -0.3 is 49.2 Å². The summed E-state index contributed by atoms with van der Waals surface area (Å²) >= 11 is 16.2. The molecular weight excluding hydrogens is 1860 g/mol. The van der Waals surface area contributed by atoms with Crippen LogP contribution in [0.2, 0.25) is 10.0 Å². The zero-order valence-electron chi connectivity index (χ0n) is 71.8. The summed E-state index contributed by atoms with van der Waals surface area (Å²) in [5, 5.41) is 16.2. The molecule has 1 aliphatic carbocycles. The Balaban J connectivity index is 0.000000225. The van der Waals surface area contributed by atoms with Gasteiger partial charge in [0.25, 0.3) is 46.0 Å². The second-order valence-corrected chi connectivity index (χ2v) is 42.9. The Kier molecular flexibility index (Phi) is 29.1. The molecule has 19 rings (SSSR count). The maximum Gasteiger partial charge on any atom is 0.263 e. The zero-order chi connectivity index (χ0) is 92.4. The minimum atomic E-state index is -3.72. The SMILES string of the molecule is Cc1cnc(NS(=O)(=O)c2ccc(N3CCN(C(=O)[C@@H](C)N4CCCc5cc(Cl)ccc54)CC3)cc2)s1.O=C([C@@H]1C[C@H]1c1ccccc1)N1CCN(c2ccc(S(=O)(=O)Nc3ccncn3)cc2)CC1.O=C([C@H](O)c1ccccc1)N1CCN(c2ccc(S(=O)(=O)Nc3nccs3)cc2)CC1.O=C1[C@H](N2CCc3c(Cl)cccc32)CCN1c1ccc(S(=O)(=O)Nc2nccs2)cc1.[HH].[HH].[HH].[HH].[HH].[HH].[HH].[HH]. The van der Waals surface area contributed by atoms with Crippen LogP contribution >= 0.6 is 57.2 Å². The molecule has 5 atom stereocenters. The monoisotopic (exact) mass is 1970 g/mol. The predicted molar refractivity (Wildman–Crippen MR) is 534 cm³/mol. The van der Waals surface area contributed by atoms with Gasteiger partial charge in [0.15, 0.2) is 21.5 Å². The number of aromatic nitrogens is 5. The molecule has 704 valence electrons. The van der Waals surface area contributed by atoms with Crippen LogP contribution in [0.3, 0.4) is 0 Å². The number of nitrogens with zero attached hydrogens (tertiary/aromatic N) is 14. The Morgan fingerprint density at radius 2 is 1.01 bits per heavy atom. The lowest BCUT2D eigenvalue weighted by atomic mass is 10.00. The van der Waals surface area contributed by atoms with Gasteiger partial charge in [0.05, 0.1) is 19.6 Å². The first-order valence-corrected chi connectivity index (χ1v) is 52.2. The second kappa shape index (κ2) is 41.1. The lowest BCUT2D eigenvalue weighted by Gasteiger charge is -2.41. The number of aliphatic hydroxyl groups is 1. The number of anilines is 10. The van der Waals surface area contributed by atoms with E-state index in [-0.39, 0.29) is 78.4 Å². The molecule has 6 aliphatic heterocycles. The number of halogens is 2. The molecule has 0 unspecified atom stereocenters. The van der Waals surface area contributed by atoms with Gasteiger partial charge in [-0.2, -0.15) is 0 Å². The summed E-state index contributed by atoms with van der Waals surface area (Å²) in [4.78, 5) is 91.4. The Morgan fingerprint density at radius 1 is 0.500 bits per heavy atom. The Hall–Kier alpha value is -11.9. The third-order valence-electron chi connectivity index (χ3n) is 24.0. The number of rotatable bonds is 23. The van der Waals surface area contributed by atoms with Crippen molar-refractivity contribution in [3.05, 3.63) is 279 Å². The average Bonchev–Trinajstić information content (AvgIpc) is 1.55. The Morgan fingerprint density at radius 3 is 1.52 bits per heavy atom. The Bertz CT molecular complexity index is 6560. The molecule has 40 heteroatoms. The van der Waals surface area contributed by atoms with E-state index in [2.05, 4.69) is 80.4 Å². The van der Waals surface area contributed by atoms with Crippen molar-refractivity contribution in [1.82, 2.24) is 39.6 Å². The molecule has 132 heavy (non-hydrogen) atoms. The number of fused-ring (bicyclic) bond motifs is 2. The standard InChI is InChI=1S/C26H30ClN5O3S2.C24H25N5O3S.C21H19ClN4O3S2.C21H22N4O4S2.8H2/c1-18-17-28-26(36-18)29-37(34,35)23-8-6-22(7-9-23)30-12-14-31(15-13-30)25(33)19(2)32-11-3-4-20-16-21(27)5-10-24(20)32;30-24(22-16-21(22)18-4-2-1-3-5-18)29-14-12-28(13-15-29)19-6-8-20(9-7-19)33(31,32)27-23-10-11-25-17-26-23;22-17-2-1-3-18-16(17)8-11-26(18)19-9-12-25(20(19)27)14-4-6-15(7-5-14)31(28,29)24-21-23-10-13-30-21;26-19(16-4-2-1-3-5-16)20(27)25-13-11-24(12-14-25)17-6-8-18(9-7-17)31(28,29)23-21-22-10-15-30-21;;;;;;;;/h5-10,16-17,19H,3-4,11-15H2,1-2H3,(H,28,29);1-11,17,21-22H,12-16H2,(H,25,26,27);1-7,10,13,19H,8-9,11-12H2,(H,23,24);1-10,15,19,26H,11-14H2,(H,22,23);8*1H/t19-;21-,22+;2*19-;;;;;;;;/m1011......../s1. The van der Waals surface area contributed by atoms with Gasteiger partial charge in [-0.25, -0.2) is 58.6 Å². The Labute approximate surface area is 800 Å². The fraction of sp³-hybridized carbons (Fsp3) is 0.293. The number of amides is 4. The summed E-state index contributed by atoms with van der Waals surface area (Å²) in [5.74, 6) is 0.770. The zero-order valence-corrected chi connectivity index (χ0v) is 79.1. The molecule has 5 N–H and O–H groups in total. The maximum absolute atomic E-state index is 13.4. The first-order chi connectivity index (χ1) is 63.6. The third kappa shape index (κ3) is 22.2. The highest BCUT2D eigenvalue weighted by molar-refractivity contribution is 7.93. The molecule has 31 nitrogen and oxygen atoms in total. The van der Waals surface area contributed by atoms with Crippen molar-refractivity contribution in [1.29, 1.82) is 0 Å². The van der Waals surface area contributed by atoms with Gasteiger partial charge in [-0.05, 0) is 208 Å². The van der Waals surface area contributed by atoms with E-state index >= 15 is 0 Å². The molecule has 4 saturated heterocycles. The van der Waals surface area contributed by atoms with Gasteiger partial charge in [-0.1, -0.05) is 89.9 Å². The van der Waals surface area contributed by atoms with Crippen LogP contribution < -0.4 is 48.3 Å². The fourth-order valence-electron chi connectivity index (χ4n) is 17.0. The van der Waals surface area contributed by atoms with Gasteiger partial charge in [0.1, 0.15) is 24.2 Å². The topological polar surface area (TPSA) is 367 Å². The van der Waals surface area contributed by atoms with E-state index in [1.54, 1.807) is 124 Å². The smallest absolute Gasteiger partial charge is 0.263 e. The molecule has 1 saturated carbocycles. The van der Waals surface area contributed by atoms with E-state index in [1.807, 2.05) is 96.4 Å². The van der Waals surface area contributed by atoms with Crippen molar-refractivity contribution in [2.24, 2.45) is 5.92 Å². The summed E-state index contributed by atoms with van der Waals surface area (Å²) in [6.07, 6.45) is 10.8. The molecule has 0 radical (unpaired) electrons. The number of thiazole rings is 3. The van der Waals surface area contributed by atoms with Crippen molar-refractivity contribution >= 4 is 176 Å². The van der Waals surface area contributed by atoms with Crippen LogP contribution in [-0.2, 0) is 72.1 Å². The maximum atomic E-state index is 13.4. The van der Waals surface area contributed by atoms with Crippen LogP contribution in [0, 0.1) is 12.8 Å². The summed E-state index contributed by atoms with van der Waals surface area (Å²) in [5.41, 5.74) is 9.70. The highest BCUT2D eigenvalue weighted by Crippen LogP contribution is 2.49. The first kappa shape index (κ1) is 93.4. The largest absolute Gasteiger partial charge is 0.378 e. The summed E-state index contributed by atoms with van der Waals surface area (Å²) in [6.45, 7) is 13.6. The molecule has 8 aromatic carbocycles. The van der Waals surface area contributed by atoms with Crippen molar-refractivity contribution < 1.29 is 69.4 Å². The van der Waals surface area contributed by atoms with Gasteiger partial charge in [0.2, 0.25) is 17.7 Å². The molecule has 0 bridgehead atoms. The summed E-state index contributed by atoms with van der Waals surface area (Å²) in [7, 11) is -14.8. The number of carbonyl (C=O) groups excluding carboxylic acids is 4. The average molecular weight is 1970 g/mol. The fourth-order valence-corrected chi connectivity index (χ4v) is 23.9. The minimum absolute atomic E-state index is 0. The number of nitrogens with one attached hydrogen (secondary N) is 4. The molecular formula is C92H112Cl2N18O13S7. The molecule has 7 aliphatic rings. The van der Waals surface area contributed by atoms with Crippen molar-refractivity contribution in [2.75, 3.05) is 146 Å². The van der Waals surface area contributed by atoms with E-state index < -0.39 is 46.2 Å². The normalized spacial score (nSPS) is 17.8. The van der Waals surface area contributed by atoms with Crippen LogP contribution in [0.15, 0.2) is 262 Å². The number of sulfonamides is 4. The molecule has 12 aromatic rings. The van der Waals surface area contributed by atoms with Crippen molar-refractivity contribution in [3.8, 4) is 0 Å². The molecule has 4 amide bonds. The highest BCUT2D eigenvalue weighted by Gasteiger charge is 2.47. The summed E-state index contributed by atoms with van der Waals surface area (Å²) in [6, 6.07) is 58.5. The number of aryl methyl sites for hydroxylation is 2. The van der Waals surface area contributed by atoms with Gasteiger partial charge in [0, 0.05) is 200 Å². The van der Waals surface area contributed by atoms with E-state index in [1.165, 1.54) is 88.3 Å². The van der Waals surface area contributed by atoms with Gasteiger partial charge >= 0.3 is 0 Å². The number of hydrogen-bond acceptors (Lipinski definition) is 26. The number of benzene rings is 8. The van der Waals surface area contributed by atoms with Gasteiger partial charge in [-0.3, -0.25) is 38.1 Å². The number of piperazine rings is 3. The number of aliphatic hydroxyl groups excluding tert-OH is 1. The van der Waals surface area contributed by atoms with Crippen LogP contribution in [0.5, 0.6) is 0 Å². The molecule has 4 aromatic heterocycles. The number of carbonyl (C=O) groups is 4. The van der Waals surface area contributed by atoms with E-state index in [0.29, 0.717) is 111 Å². The minimum Gasteiger partial charge on any atom is -0.378 e. The number of hydrogen-bond donors (Lipinski definition) is 5. The lowest BCUT2D eigenvalue weighted by Crippen LogP contribution is -2.55. The van der Waals surface area contributed by atoms with E-state index in [0.717, 1.165) is 101 Å².